The van der Waals surface area contributed by atoms with Gasteiger partial charge in [0.2, 0.25) is 5.91 Å². The summed E-state index contributed by atoms with van der Waals surface area (Å²) in [6.07, 6.45) is 7.59. The normalized spacial score (nSPS) is 11.7. The number of nitrogens with one attached hydrogen (secondary N) is 2. The standard InChI is InChI=1S/C9H15N3O/c1-2-3-4-8(5-6-10)7-9(13)12-11/h3-6,10H,2,7,11H2,1H3,(H,12,13)/b4-3-,8-5+,10-6?. The van der Waals surface area contributed by atoms with Crippen LogP contribution < -0.4 is 11.3 Å². The van der Waals surface area contributed by atoms with E-state index in [1.807, 2.05) is 24.5 Å². The average Bonchev–Trinajstić information content (AvgIpc) is 2.14. The minimum Gasteiger partial charge on any atom is -0.309 e. The van der Waals surface area contributed by atoms with Crippen LogP contribution in [0.1, 0.15) is 19.8 Å². The molecule has 4 N–H and O–H groups in total. The zero-order valence-corrected chi connectivity index (χ0v) is 7.71. The van der Waals surface area contributed by atoms with Crippen LogP contribution in [-0.2, 0) is 4.79 Å². The second-order valence-corrected chi connectivity index (χ2v) is 2.46. The first kappa shape index (κ1) is 11.6. The van der Waals surface area contributed by atoms with Crippen LogP contribution in [0.15, 0.2) is 23.8 Å². The summed E-state index contributed by atoms with van der Waals surface area (Å²) >= 11 is 0. The third-order valence-corrected chi connectivity index (χ3v) is 1.39. The third-order valence-electron chi connectivity index (χ3n) is 1.39. The van der Waals surface area contributed by atoms with Gasteiger partial charge in [0.1, 0.15) is 0 Å². The summed E-state index contributed by atoms with van der Waals surface area (Å²) < 4.78 is 0. The van der Waals surface area contributed by atoms with Crippen LogP contribution in [0.4, 0.5) is 0 Å². The molecule has 0 atom stereocenters. The monoisotopic (exact) mass is 181 g/mol. The molecular formula is C9H15N3O. The van der Waals surface area contributed by atoms with Gasteiger partial charge >= 0.3 is 0 Å². The molecule has 0 aliphatic heterocycles. The largest absolute Gasteiger partial charge is 0.309 e. The number of hydrazine groups is 1. The van der Waals surface area contributed by atoms with E-state index in [0.29, 0.717) is 0 Å². The molecule has 0 fully saturated rings. The minimum absolute atomic E-state index is 0.211. The van der Waals surface area contributed by atoms with Gasteiger partial charge in [-0.3, -0.25) is 10.2 Å². The van der Waals surface area contributed by atoms with E-state index < -0.39 is 0 Å². The fourth-order valence-corrected chi connectivity index (χ4v) is 0.786. The van der Waals surface area contributed by atoms with Gasteiger partial charge < -0.3 is 5.41 Å². The molecule has 72 valence electrons. The Labute approximate surface area is 78.0 Å². The second-order valence-electron chi connectivity index (χ2n) is 2.46. The average molecular weight is 181 g/mol. The molecule has 0 aliphatic rings. The van der Waals surface area contributed by atoms with Gasteiger partial charge in [0, 0.05) is 6.21 Å². The lowest BCUT2D eigenvalue weighted by Crippen LogP contribution is -2.29. The third kappa shape index (κ3) is 5.81. The molecule has 1 amide bonds. The number of hydrogen-bond donors (Lipinski definition) is 3. The molecule has 0 bridgehead atoms. The van der Waals surface area contributed by atoms with Crippen LogP contribution in [0.2, 0.25) is 0 Å². The molecule has 0 aliphatic carbocycles. The maximum atomic E-state index is 10.9. The molecule has 4 heteroatoms. The Morgan fingerprint density at radius 3 is 2.77 bits per heavy atom. The summed E-state index contributed by atoms with van der Waals surface area (Å²) in [6, 6.07) is 0. The van der Waals surface area contributed by atoms with E-state index in [-0.39, 0.29) is 12.3 Å². The Balaban J connectivity index is 4.26. The van der Waals surface area contributed by atoms with E-state index in [1.165, 1.54) is 0 Å². The van der Waals surface area contributed by atoms with Crippen LogP contribution in [-0.4, -0.2) is 12.1 Å². The molecule has 0 radical (unpaired) electrons. The van der Waals surface area contributed by atoms with Gasteiger partial charge in [0.15, 0.2) is 0 Å². The van der Waals surface area contributed by atoms with Crippen molar-refractivity contribution < 1.29 is 4.79 Å². The SMILES string of the molecule is CC/C=C\C(=C/C=N)CC(=O)NN. The number of nitrogens with two attached hydrogens (primary N) is 1. The van der Waals surface area contributed by atoms with Crippen molar-refractivity contribution in [3.8, 4) is 0 Å². The summed E-state index contributed by atoms with van der Waals surface area (Å²) in [4.78, 5) is 10.9. The number of carbonyl (C=O) groups is 1. The van der Waals surface area contributed by atoms with E-state index in [9.17, 15) is 4.79 Å². The van der Waals surface area contributed by atoms with Crippen molar-refractivity contribution in [2.45, 2.75) is 19.8 Å². The zero-order valence-electron chi connectivity index (χ0n) is 7.71. The van der Waals surface area contributed by atoms with Crippen LogP contribution in [0.5, 0.6) is 0 Å². The quantitative estimate of drug-likeness (QED) is 0.194. The first-order chi connectivity index (χ1) is 6.24. The van der Waals surface area contributed by atoms with E-state index in [1.54, 1.807) is 6.08 Å². The lowest BCUT2D eigenvalue weighted by atomic mass is 10.1. The summed E-state index contributed by atoms with van der Waals surface area (Å²) in [5, 5.41) is 6.87. The number of hydrogen-bond acceptors (Lipinski definition) is 3. The Kier molecular flexibility index (Phi) is 6.45. The number of amides is 1. The molecule has 0 aromatic rings. The van der Waals surface area contributed by atoms with Crippen molar-refractivity contribution in [3.05, 3.63) is 23.8 Å². The summed E-state index contributed by atoms with van der Waals surface area (Å²) in [7, 11) is 0. The van der Waals surface area contributed by atoms with Crippen molar-refractivity contribution in [1.82, 2.24) is 5.43 Å². The minimum atomic E-state index is -0.256. The first-order valence-corrected chi connectivity index (χ1v) is 4.10. The highest BCUT2D eigenvalue weighted by molar-refractivity contribution is 5.81. The molecular weight excluding hydrogens is 166 g/mol. The van der Waals surface area contributed by atoms with Crippen LogP contribution in [0.3, 0.4) is 0 Å². The van der Waals surface area contributed by atoms with E-state index >= 15 is 0 Å². The fraction of sp³-hybridized carbons (Fsp3) is 0.333. The van der Waals surface area contributed by atoms with Crippen LogP contribution >= 0.6 is 0 Å². The van der Waals surface area contributed by atoms with Crippen LogP contribution in [0.25, 0.3) is 0 Å². The van der Waals surface area contributed by atoms with Crippen molar-refractivity contribution in [3.63, 3.8) is 0 Å². The molecule has 4 nitrogen and oxygen atoms in total. The molecule has 0 spiro atoms. The molecule has 0 unspecified atom stereocenters. The first-order valence-electron chi connectivity index (χ1n) is 4.10. The number of carbonyl (C=O) groups excluding carboxylic acids is 1. The van der Waals surface area contributed by atoms with Gasteiger partial charge in [-0.15, -0.1) is 0 Å². The van der Waals surface area contributed by atoms with E-state index in [4.69, 9.17) is 11.3 Å². The Morgan fingerprint density at radius 1 is 1.62 bits per heavy atom. The van der Waals surface area contributed by atoms with Gasteiger partial charge in [-0.2, -0.15) is 0 Å². The summed E-state index contributed by atoms with van der Waals surface area (Å²) in [6.45, 7) is 2.00. The molecule has 0 aromatic carbocycles. The van der Waals surface area contributed by atoms with Gasteiger partial charge in [0.05, 0.1) is 6.42 Å². The van der Waals surface area contributed by atoms with E-state index in [0.717, 1.165) is 18.2 Å². The maximum Gasteiger partial charge on any atom is 0.238 e. The fourth-order valence-electron chi connectivity index (χ4n) is 0.786. The topological polar surface area (TPSA) is 79.0 Å². The second kappa shape index (κ2) is 7.24. The van der Waals surface area contributed by atoms with Crippen molar-refractivity contribution in [2.24, 2.45) is 5.84 Å². The van der Waals surface area contributed by atoms with Gasteiger partial charge in [0.25, 0.3) is 0 Å². The summed E-state index contributed by atoms with van der Waals surface area (Å²) in [5.74, 6) is 4.68. The highest BCUT2D eigenvalue weighted by atomic mass is 16.2. The molecule has 0 rings (SSSR count). The predicted octanol–water partition coefficient (Wildman–Crippen LogP) is 0.909. The van der Waals surface area contributed by atoms with Gasteiger partial charge in [-0.05, 0) is 18.1 Å². The van der Waals surface area contributed by atoms with Crippen molar-refractivity contribution in [2.75, 3.05) is 0 Å². The predicted molar refractivity (Wildman–Crippen MR) is 53.2 cm³/mol. The lowest BCUT2D eigenvalue weighted by Gasteiger charge is -1.99. The Hall–Kier alpha value is -1.42. The van der Waals surface area contributed by atoms with Gasteiger partial charge in [-0.25, -0.2) is 5.84 Å². The van der Waals surface area contributed by atoms with Crippen LogP contribution in [0, 0.1) is 5.41 Å². The lowest BCUT2D eigenvalue weighted by molar-refractivity contribution is -0.120. The molecule has 0 aromatic heterocycles. The molecule has 0 saturated carbocycles. The number of allylic oxidation sites excluding steroid dienone is 3. The summed E-state index contributed by atoms with van der Waals surface area (Å²) in [5.41, 5.74) is 2.82. The molecule has 0 saturated heterocycles. The van der Waals surface area contributed by atoms with Gasteiger partial charge in [-0.1, -0.05) is 19.1 Å². The Bertz CT molecular complexity index is 231. The zero-order chi connectivity index (χ0) is 10.1. The number of rotatable bonds is 5. The van der Waals surface area contributed by atoms with Crippen molar-refractivity contribution in [1.29, 1.82) is 5.41 Å². The van der Waals surface area contributed by atoms with E-state index in [2.05, 4.69) is 0 Å². The Morgan fingerprint density at radius 2 is 2.31 bits per heavy atom. The highest BCUT2D eigenvalue weighted by Gasteiger charge is 1.99. The van der Waals surface area contributed by atoms with Crippen molar-refractivity contribution >= 4 is 12.1 Å². The molecule has 13 heavy (non-hydrogen) atoms. The molecule has 0 heterocycles. The smallest absolute Gasteiger partial charge is 0.238 e. The highest BCUT2D eigenvalue weighted by Crippen LogP contribution is 2.02. The maximum absolute atomic E-state index is 10.9.